The Morgan fingerprint density at radius 3 is 3.06 bits per heavy atom. The van der Waals surface area contributed by atoms with E-state index in [1.165, 1.54) is 6.07 Å². The van der Waals surface area contributed by atoms with Gasteiger partial charge in [-0.05, 0) is 43.7 Å². The van der Waals surface area contributed by atoms with Crippen LogP contribution in [0.4, 0.5) is 4.39 Å². The highest BCUT2D eigenvalue weighted by atomic mass is 35.5. The van der Waals surface area contributed by atoms with E-state index in [4.69, 9.17) is 22.1 Å². The van der Waals surface area contributed by atoms with Gasteiger partial charge in [-0.2, -0.15) is 0 Å². The molecule has 18 heavy (non-hydrogen) atoms. The lowest BCUT2D eigenvalue weighted by Crippen LogP contribution is -2.13. The van der Waals surface area contributed by atoms with E-state index in [2.05, 4.69) is 0 Å². The van der Waals surface area contributed by atoms with Gasteiger partial charge < -0.3 is 10.5 Å². The third kappa shape index (κ3) is 3.44. The summed E-state index contributed by atoms with van der Waals surface area (Å²) >= 11 is 5.91. The minimum atomic E-state index is -0.399. The Kier molecular flexibility index (Phi) is 4.98. The summed E-state index contributed by atoms with van der Waals surface area (Å²) in [6.07, 6.45) is 5.52. The fourth-order valence-corrected chi connectivity index (χ4v) is 2.67. The highest BCUT2D eigenvalue weighted by Crippen LogP contribution is 2.28. The van der Waals surface area contributed by atoms with Crippen LogP contribution >= 0.6 is 11.6 Å². The van der Waals surface area contributed by atoms with Crippen LogP contribution in [-0.4, -0.2) is 12.7 Å². The second-order valence-corrected chi connectivity index (χ2v) is 5.19. The molecule has 2 rings (SSSR count). The highest BCUT2D eigenvalue weighted by Gasteiger charge is 2.17. The molecular weight excluding hydrogens is 253 g/mol. The maximum Gasteiger partial charge on any atom is 0.142 e. The molecule has 1 aliphatic rings. The minimum absolute atomic E-state index is 0.155. The second kappa shape index (κ2) is 6.50. The third-order valence-corrected chi connectivity index (χ3v) is 3.84. The lowest BCUT2D eigenvalue weighted by molar-refractivity contribution is 0.101. The smallest absolute Gasteiger partial charge is 0.142 e. The Balaban J connectivity index is 1.83. The highest BCUT2D eigenvalue weighted by molar-refractivity contribution is 6.31. The first-order valence-electron chi connectivity index (χ1n) is 6.49. The van der Waals surface area contributed by atoms with Crippen molar-refractivity contribution >= 4 is 11.6 Å². The molecule has 4 heteroatoms. The van der Waals surface area contributed by atoms with Crippen LogP contribution in [0.2, 0.25) is 5.02 Å². The number of hydrogen-bond acceptors (Lipinski definition) is 2. The van der Waals surface area contributed by atoms with Crippen molar-refractivity contribution < 1.29 is 9.13 Å². The number of benzene rings is 1. The topological polar surface area (TPSA) is 35.2 Å². The standard InChI is InChI=1S/C14H19ClFNO/c15-14-11(6-2-7-12(14)16)13(17)8-1-4-10-5-3-9-18-10/h2,6-7,10,13H,1,3-5,8-9,17H2. The largest absolute Gasteiger partial charge is 0.378 e. The zero-order valence-electron chi connectivity index (χ0n) is 10.4. The van der Waals surface area contributed by atoms with E-state index >= 15 is 0 Å². The summed E-state index contributed by atoms with van der Waals surface area (Å²) in [5, 5.41) is 0.155. The Bertz CT molecular complexity index is 393. The summed E-state index contributed by atoms with van der Waals surface area (Å²) in [7, 11) is 0. The van der Waals surface area contributed by atoms with E-state index in [1.54, 1.807) is 12.1 Å². The molecule has 1 aliphatic heterocycles. The molecule has 0 radical (unpaired) electrons. The van der Waals surface area contributed by atoms with Gasteiger partial charge in [-0.15, -0.1) is 0 Å². The van der Waals surface area contributed by atoms with Crippen LogP contribution in [0.3, 0.4) is 0 Å². The molecule has 1 heterocycles. The maximum absolute atomic E-state index is 13.3. The van der Waals surface area contributed by atoms with Crippen LogP contribution < -0.4 is 5.73 Å². The summed E-state index contributed by atoms with van der Waals surface area (Å²) in [6.45, 7) is 0.881. The van der Waals surface area contributed by atoms with Crippen LogP contribution in [0, 0.1) is 5.82 Å². The molecule has 0 amide bonds. The van der Waals surface area contributed by atoms with Gasteiger partial charge >= 0.3 is 0 Å². The molecule has 0 aliphatic carbocycles. The van der Waals surface area contributed by atoms with Gasteiger partial charge in [0.15, 0.2) is 0 Å². The third-order valence-electron chi connectivity index (χ3n) is 3.45. The number of ether oxygens (including phenoxy) is 1. The quantitative estimate of drug-likeness (QED) is 0.883. The number of halogens is 2. The van der Waals surface area contributed by atoms with Crippen LogP contribution in [0.5, 0.6) is 0 Å². The second-order valence-electron chi connectivity index (χ2n) is 4.82. The van der Waals surface area contributed by atoms with Gasteiger partial charge in [-0.1, -0.05) is 23.7 Å². The maximum atomic E-state index is 13.3. The van der Waals surface area contributed by atoms with Gasteiger partial charge in [0.25, 0.3) is 0 Å². The Labute approximate surface area is 112 Å². The first-order chi connectivity index (χ1) is 8.68. The molecule has 2 nitrogen and oxygen atoms in total. The molecule has 0 saturated carbocycles. The molecule has 1 fully saturated rings. The Morgan fingerprint density at radius 2 is 2.33 bits per heavy atom. The van der Waals surface area contributed by atoms with Crippen molar-refractivity contribution in [1.29, 1.82) is 0 Å². The van der Waals surface area contributed by atoms with Crippen molar-refractivity contribution in [2.75, 3.05) is 6.61 Å². The van der Waals surface area contributed by atoms with Crippen molar-refractivity contribution in [1.82, 2.24) is 0 Å². The average Bonchev–Trinajstić information content (AvgIpc) is 2.85. The normalized spacial score (nSPS) is 21.2. The van der Waals surface area contributed by atoms with Gasteiger partial charge in [-0.3, -0.25) is 0 Å². The number of nitrogens with two attached hydrogens (primary N) is 1. The zero-order valence-corrected chi connectivity index (χ0v) is 11.1. The Morgan fingerprint density at radius 1 is 1.50 bits per heavy atom. The van der Waals surface area contributed by atoms with Gasteiger partial charge in [-0.25, -0.2) is 4.39 Å². The molecule has 1 aromatic carbocycles. The van der Waals surface area contributed by atoms with E-state index in [0.29, 0.717) is 11.7 Å². The lowest BCUT2D eigenvalue weighted by Gasteiger charge is -2.15. The van der Waals surface area contributed by atoms with Crippen LogP contribution in [0.25, 0.3) is 0 Å². The van der Waals surface area contributed by atoms with Crippen molar-refractivity contribution in [3.63, 3.8) is 0 Å². The Hall–Kier alpha value is -0.640. The summed E-state index contributed by atoms with van der Waals surface area (Å²) in [4.78, 5) is 0. The average molecular weight is 272 g/mol. The molecule has 2 atom stereocenters. The van der Waals surface area contributed by atoms with E-state index in [9.17, 15) is 4.39 Å². The lowest BCUT2D eigenvalue weighted by atomic mass is 10.00. The fourth-order valence-electron chi connectivity index (χ4n) is 2.40. The van der Waals surface area contributed by atoms with E-state index in [1.807, 2.05) is 0 Å². The first kappa shape index (κ1) is 13.8. The predicted octanol–water partition coefficient (Wildman–Crippen LogP) is 3.83. The number of hydrogen-bond donors (Lipinski definition) is 1. The van der Waals surface area contributed by atoms with E-state index in [-0.39, 0.29) is 11.1 Å². The van der Waals surface area contributed by atoms with Gasteiger partial charge in [0.05, 0.1) is 11.1 Å². The van der Waals surface area contributed by atoms with Crippen molar-refractivity contribution in [2.45, 2.75) is 44.2 Å². The van der Waals surface area contributed by atoms with Crippen molar-refractivity contribution in [3.8, 4) is 0 Å². The minimum Gasteiger partial charge on any atom is -0.378 e. The van der Waals surface area contributed by atoms with Crippen molar-refractivity contribution in [2.24, 2.45) is 5.73 Å². The zero-order chi connectivity index (χ0) is 13.0. The summed E-state index contributed by atoms with van der Waals surface area (Å²) in [6, 6.07) is 4.60. The molecular formula is C14H19ClFNO. The van der Waals surface area contributed by atoms with Gasteiger partial charge in [0, 0.05) is 12.6 Å². The van der Waals surface area contributed by atoms with Gasteiger partial charge in [0.2, 0.25) is 0 Å². The predicted molar refractivity (Wildman–Crippen MR) is 71.2 cm³/mol. The molecule has 2 unspecified atom stereocenters. The summed E-state index contributed by atoms with van der Waals surface area (Å²) in [5.41, 5.74) is 6.76. The molecule has 1 aromatic rings. The molecule has 0 aromatic heterocycles. The SMILES string of the molecule is NC(CCCC1CCCO1)c1cccc(F)c1Cl. The first-order valence-corrected chi connectivity index (χ1v) is 6.87. The summed E-state index contributed by atoms with van der Waals surface area (Å²) < 4.78 is 18.9. The summed E-state index contributed by atoms with van der Waals surface area (Å²) in [5.74, 6) is -0.399. The van der Waals surface area contributed by atoms with Gasteiger partial charge in [0.1, 0.15) is 5.82 Å². The van der Waals surface area contributed by atoms with E-state index in [0.717, 1.165) is 38.7 Å². The van der Waals surface area contributed by atoms with Crippen LogP contribution in [-0.2, 0) is 4.74 Å². The van der Waals surface area contributed by atoms with E-state index < -0.39 is 5.82 Å². The molecule has 2 N–H and O–H groups in total. The van der Waals surface area contributed by atoms with Crippen LogP contribution in [0.15, 0.2) is 18.2 Å². The molecule has 0 bridgehead atoms. The molecule has 1 saturated heterocycles. The molecule has 0 spiro atoms. The molecule has 100 valence electrons. The fraction of sp³-hybridized carbons (Fsp3) is 0.571. The van der Waals surface area contributed by atoms with Crippen LogP contribution in [0.1, 0.15) is 43.7 Å². The monoisotopic (exact) mass is 271 g/mol. The van der Waals surface area contributed by atoms with Crippen molar-refractivity contribution in [3.05, 3.63) is 34.6 Å². The number of rotatable bonds is 5.